The van der Waals surface area contributed by atoms with E-state index in [4.69, 9.17) is 0 Å². The molecule has 0 fully saturated rings. The van der Waals surface area contributed by atoms with Crippen LogP contribution in [0.4, 0.5) is 0 Å². The first-order chi connectivity index (χ1) is 14.3. The topological polar surface area (TPSA) is 88.5 Å². The van der Waals surface area contributed by atoms with E-state index in [9.17, 15) is 4.79 Å². The number of thiophene rings is 1. The smallest absolute Gasteiger partial charge is 0.255 e. The van der Waals surface area contributed by atoms with Crippen molar-refractivity contribution in [3.05, 3.63) is 57.9 Å². The van der Waals surface area contributed by atoms with Gasteiger partial charge in [0, 0.05) is 21.5 Å². The summed E-state index contributed by atoms with van der Waals surface area (Å²) in [6.07, 6.45) is 7.70. The van der Waals surface area contributed by atoms with Crippen molar-refractivity contribution in [2.75, 3.05) is 0 Å². The average Bonchev–Trinajstić information content (AvgIpc) is 3.49. The van der Waals surface area contributed by atoms with Gasteiger partial charge in [-0.3, -0.25) is 4.79 Å². The molecule has 2 aliphatic rings. The monoisotopic (exact) mass is 404 g/mol. The highest BCUT2D eigenvalue weighted by atomic mass is 32.1. The Bertz CT molecular complexity index is 1220. The lowest BCUT2D eigenvalue weighted by Crippen LogP contribution is -2.32. The van der Waals surface area contributed by atoms with Gasteiger partial charge in [0.15, 0.2) is 0 Å². The van der Waals surface area contributed by atoms with Crippen LogP contribution >= 0.6 is 11.3 Å². The number of nitrogens with one attached hydrogen (secondary N) is 2. The Hall–Kier alpha value is -3.00. The molecule has 0 saturated heterocycles. The van der Waals surface area contributed by atoms with Gasteiger partial charge in [-0.15, -0.1) is 16.4 Å². The molecule has 3 aromatic heterocycles. The number of benzene rings is 1. The van der Waals surface area contributed by atoms with Crippen LogP contribution in [0.25, 0.3) is 15.9 Å². The minimum absolute atomic E-state index is 0.00248. The predicted octanol–water partition coefficient (Wildman–Crippen LogP) is 3.50. The van der Waals surface area contributed by atoms with Crippen molar-refractivity contribution in [1.29, 1.82) is 0 Å². The summed E-state index contributed by atoms with van der Waals surface area (Å²) in [7, 11) is 0. The molecule has 1 aromatic carbocycles. The molecule has 7 nitrogen and oxygen atoms in total. The Balaban J connectivity index is 1.38. The van der Waals surface area contributed by atoms with E-state index in [0.717, 1.165) is 60.3 Å². The molecule has 1 amide bonds. The second-order valence-electron chi connectivity index (χ2n) is 7.77. The molecule has 3 heterocycles. The fourth-order valence-electron chi connectivity index (χ4n) is 4.83. The second kappa shape index (κ2) is 6.52. The molecular formula is C21H20N6OS. The molecule has 8 heteroatoms. The number of carbonyl (C=O) groups is 1. The predicted molar refractivity (Wildman–Crippen MR) is 110 cm³/mol. The zero-order chi connectivity index (χ0) is 19.4. The molecule has 0 radical (unpaired) electrons. The standard InChI is InChI=1S/C21H20N6OS/c28-20(18-14-7-4-10-17(14)29-21(18)27-11-22-25-26-27)24-16-9-3-6-13-12-5-1-2-8-15(12)23-19(13)16/h1-2,5,8,11,16,23H,3-4,6-7,9-10H2,(H,24,28)/t16-/m0/s1. The van der Waals surface area contributed by atoms with Crippen molar-refractivity contribution in [2.24, 2.45) is 0 Å². The highest BCUT2D eigenvalue weighted by Crippen LogP contribution is 2.39. The Morgan fingerprint density at radius 3 is 2.97 bits per heavy atom. The van der Waals surface area contributed by atoms with E-state index < -0.39 is 0 Å². The van der Waals surface area contributed by atoms with Crippen molar-refractivity contribution in [3.8, 4) is 5.00 Å². The van der Waals surface area contributed by atoms with Crippen LogP contribution in [0, 0.1) is 0 Å². The summed E-state index contributed by atoms with van der Waals surface area (Å²) in [5.74, 6) is -0.0218. The lowest BCUT2D eigenvalue weighted by atomic mass is 9.91. The van der Waals surface area contributed by atoms with Gasteiger partial charge in [-0.25, -0.2) is 0 Å². The maximum atomic E-state index is 13.5. The summed E-state index contributed by atoms with van der Waals surface area (Å²) in [4.78, 5) is 18.3. The largest absolute Gasteiger partial charge is 0.356 e. The molecule has 0 bridgehead atoms. The van der Waals surface area contributed by atoms with E-state index in [1.54, 1.807) is 22.3 Å². The van der Waals surface area contributed by atoms with Crippen LogP contribution < -0.4 is 5.32 Å². The molecule has 29 heavy (non-hydrogen) atoms. The second-order valence-corrected chi connectivity index (χ2v) is 8.86. The molecule has 6 rings (SSSR count). The minimum Gasteiger partial charge on any atom is -0.356 e. The van der Waals surface area contributed by atoms with Crippen LogP contribution in [0.2, 0.25) is 0 Å². The number of aryl methyl sites for hydroxylation is 2. The van der Waals surface area contributed by atoms with Gasteiger partial charge in [0.2, 0.25) is 0 Å². The summed E-state index contributed by atoms with van der Waals surface area (Å²) < 4.78 is 1.62. The third-order valence-electron chi connectivity index (χ3n) is 6.11. The normalized spacial score (nSPS) is 18.0. The van der Waals surface area contributed by atoms with Gasteiger partial charge in [0.1, 0.15) is 11.3 Å². The van der Waals surface area contributed by atoms with E-state index in [1.165, 1.54) is 21.4 Å². The Kier molecular flexibility index (Phi) is 3.80. The third kappa shape index (κ3) is 2.62. The van der Waals surface area contributed by atoms with Crippen LogP contribution in [-0.2, 0) is 19.3 Å². The molecule has 0 unspecified atom stereocenters. The fourth-order valence-corrected chi connectivity index (χ4v) is 6.13. The van der Waals surface area contributed by atoms with Crippen molar-refractivity contribution < 1.29 is 4.79 Å². The Morgan fingerprint density at radius 2 is 2.07 bits per heavy atom. The Labute approximate surface area is 171 Å². The first-order valence-corrected chi connectivity index (χ1v) is 10.9. The molecule has 0 saturated carbocycles. The van der Waals surface area contributed by atoms with E-state index in [-0.39, 0.29) is 11.9 Å². The number of amides is 1. The van der Waals surface area contributed by atoms with Gasteiger partial charge in [0.05, 0.1) is 11.6 Å². The van der Waals surface area contributed by atoms with Crippen molar-refractivity contribution in [2.45, 2.75) is 44.6 Å². The summed E-state index contributed by atoms with van der Waals surface area (Å²) >= 11 is 1.64. The molecule has 2 aliphatic carbocycles. The van der Waals surface area contributed by atoms with Crippen molar-refractivity contribution in [3.63, 3.8) is 0 Å². The van der Waals surface area contributed by atoms with E-state index in [1.807, 2.05) is 6.07 Å². The van der Waals surface area contributed by atoms with Gasteiger partial charge >= 0.3 is 0 Å². The maximum Gasteiger partial charge on any atom is 0.255 e. The molecular weight excluding hydrogens is 384 g/mol. The summed E-state index contributed by atoms with van der Waals surface area (Å²) in [5, 5.41) is 17.0. The number of hydrogen-bond acceptors (Lipinski definition) is 5. The number of H-pyrrole nitrogens is 1. The van der Waals surface area contributed by atoms with Crippen LogP contribution in [0.3, 0.4) is 0 Å². The van der Waals surface area contributed by atoms with Gasteiger partial charge in [-0.1, -0.05) is 18.2 Å². The number of aromatic amines is 1. The van der Waals surface area contributed by atoms with E-state index >= 15 is 0 Å². The van der Waals surface area contributed by atoms with Crippen LogP contribution in [-0.4, -0.2) is 31.1 Å². The van der Waals surface area contributed by atoms with E-state index in [2.05, 4.69) is 44.0 Å². The summed E-state index contributed by atoms with van der Waals surface area (Å²) in [6, 6.07) is 8.39. The SMILES string of the molecule is O=C(N[C@H]1CCCc2c1[nH]c1ccccc21)c1c(-n2cnnn2)sc2c1CCC2. The van der Waals surface area contributed by atoms with E-state index in [0.29, 0.717) is 0 Å². The summed E-state index contributed by atoms with van der Waals surface area (Å²) in [5.41, 5.74) is 5.56. The van der Waals surface area contributed by atoms with Gasteiger partial charge in [-0.05, 0) is 66.1 Å². The highest BCUT2D eigenvalue weighted by Gasteiger charge is 2.31. The number of nitrogens with zero attached hydrogens (tertiary/aromatic N) is 4. The number of carbonyl (C=O) groups excluding carboxylic acids is 1. The first kappa shape index (κ1) is 16.9. The molecule has 4 aromatic rings. The minimum atomic E-state index is -0.0218. The van der Waals surface area contributed by atoms with Crippen molar-refractivity contribution >= 4 is 28.1 Å². The lowest BCUT2D eigenvalue weighted by Gasteiger charge is -2.24. The van der Waals surface area contributed by atoms with Crippen molar-refractivity contribution in [1.82, 2.24) is 30.5 Å². The Morgan fingerprint density at radius 1 is 1.17 bits per heavy atom. The number of fused-ring (bicyclic) bond motifs is 4. The maximum absolute atomic E-state index is 13.5. The zero-order valence-electron chi connectivity index (χ0n) is 15.8. The number of para-hydroxylation sites is 1. The molecule has 0 aliphatic heterocycles. The third-order valence-corrected chi connectivity index (χ3v) is 7.39. The first-order valence-electron chi connectivity index (χ1n) is 10.1. The zero-order valence-corrected chi connectivity index (χ0v) is 16.6. The van der Waals surface area contributed by atoms with Gasteiger partial charge < -0.3 is 10.3 Å². The van der Waals surface area contributed by atoms with Crippen LogP contribution in [0.1, 0.15) is 57.4 Å². The summed E-state index contributed by atoms with van der Waals surface area (Å²) in [6.45, 7) is 0. The van der Waals surface area contributed by atoms with Crippen LogP contribution in [0.5, 0.6) is 0 Å². The van der Waals surface area contributed by atoms with Gasteiger partial charge in [0.25, 0.3) is 5.91 Å². The van der Waals surface area contributed by atoms with Gasteiger partial charge in [-0.2, -0.15) is 4.68 Å². The molecule has 1 atom stereocenters. The number of tetrazole rings is 1. The number of rotatable bonds is 3. The quantitative estimate of drug-likeness (QED) is 0.547. The molecule has 146 valence electrons. The van der Waals surface area contributed by atoms with Crippen LogP contribution in [0.15, 0.2) is 30.6 Å². The fraction of sp³-hybridized carbons (Fsp3) is 0.333. The number of hydrogen-bond donors (Lipinski definition) is 2. The number of aromatic nitrogens is 5. The lowest BCUT2D eigenvalue weighted by molar-refractivity contribution is 0.0931. The average molecular weight is 404 g/mol. The molecule has 2 N–H and O–H groups in total. The molecule has 0 spiro atoms. The highest BCUT2D eigenvalue weighted by molar-refractivity contribution is 7.15.